The Morgan fingerprint density at radius 2 is 1.90 bits per heavy atom. The summed E-state index contributed by atoms with van der Waals surface area (Å²) in [6.07, 6.45) is -1.35. The first kappa shape index (κ1) is 19.8. The van der Waals surface area contributed by atoms with Crippen LogP contribution in [0.1, 0.15) is 17.8 Å². The lowest BCUT2D eigenvalue weighted by Gasteiger charge is -2.18. The van der Waals surface area contributed by atoms with Crippen LogP contribution in [0.3, 0.4) is 0 Å². The number of carbonyl (C=O) groups is 1. The van der Waals surface area contributed by atoms with Crippen LogP contribution in [0.15, 0.2) is 36.7 Å². The van der Waals surface area contributed by atoms with Crippen LogP contribution >= 0.6 is 0 Å². The molecule has 3 aromatic rings. The van der Waals surface area contributed by atoms with Gasteiger partial charge < -0.3 is 5.32 Å². The largest absolute Gasteiger partial charge is 0.433 e. The summed E-state index contributed by atoms with van der Waals surface area (Å²) in [5.41, 5.74) is 0.0737. The number of aromatic nitrogens is 5. The zero-order chi connectivity index (χ0) is 21.5. The van der Waals surface area contributed by atoms with Gasteiger partial charge in [-0.15, -0.1) is 0 Å². The molecular weight excluding hydrogens is 399 g/mol. The van der Waals surface area contributed by atoms with E-state index >= 15 is 0 Å². The standard InChI is InChI=1S/C19H18F3N7O/c1-11-9-16(28(2)27-11)29-8-5-13(18(29)30)24-15-10-14(19(20,21)22)25-17(26-15)12-3-6-23-7-4-12/h3-4,6-7,9-10,13H,5,8H2,1-2H3,(H,24,25,26). The zero-order valence-corrected chi connectivity index (χ0v) is 16.2. The molecule has 1 atom stereocenters. The SMILES string of the molecule is Cc1cc(N2CCC(Nc3cc(C(F)(F)F)nc(-c4ccncc4)n3)C2=O)n(C)n1. The van der Waals surface area contributed by atoms with E-state index in [2.05, 4.69) is 25.4 Å². The fourth-order valence-corrected chi connectivity index (χ4v) is 3.37. The van der Waals surface area contributed by atoms with Gasteiger partial charge >= 0.3 is 6.18 Å². The molecule has 1 aliphatic heterocycles. The summed E-state index contributed by atoms with van der Waals surface area (Å²) in [5, 5.41) is 7.09. The van der Waals surface area contributed by atoms with Gasteiger partial charge in [0, 0.05) is 43.7 Å². The van der Waals surface area contributed by atoms with Gasteiger partial charge in [0.1, 0.15) is 17.7 Å². The molecule has 1 saturated heterocycles. The van der Waals surface area contributed by atoms with Crippen molar-refractivity contribution >= 4 is 17.5 Å². The van der Waals surface area contributed by atoms with Crippen LogP contribution in [0, 0.1) is 6.92 Å². The zero-order valence-electron chi connectivity index (χ0n) is 16.2. The van der Waals surface area contributed by atoms with Gasteiger partial charge in [-0.2, -0.15) is 18.3 Å². The highest BCUT2D eigenvalue weighted by atomic mass is 19.4. The molecule has 4 rings (SSSR count). The molecule has 0 bridgehead atoms. The van der Waals surface area contributed by atoms with E-state index in [4.69, 9.17) is 0 Å². The van der Waals surface area contributed by atoms with Crippen molar-refractivity contribution < 1.29 is 18.0 Å². The van der Waals surface area contributed by atoms with Crippen LogP contribution < -0.4 is 10.2 Å². The molecule has 1 fully saturated rings. The van der Waals surface area contributed by atoms with Crippen LogP contribution in [0.2, 0.25) is 0 Å². The normalized spacial score (nSPS) is 16.9. The Balaban J connectivity index is 1.63. The molecule has 1 unspecified atom stereocenters. The van der Waals surface area contributed by atoms with E-state index < -0.39 is 17.9 Å². The number of halogens is 3. The first-order valence-corrected chi connectivity index (χ1v) is 9.17. The summed E-state index contributed by atoms with van der Waals surface area (Å²) in [6, 6.07) is 4.93. The molecule has 30 heavy (non-hydrogen) atoms. The molecule has 3 aromatic heterocycles. The highest BCUT2D eigenvalue weighted by Gasteiger charge is 2.37. The predicted molar refractivity (Wildman–Crippen MR) is 103 cm³/mol. The summed E-state index contributed by atoms with van der Waals surface area (Å²) in [4.78, 5) is 26.1. The Morgan fingerprint density at radius 1 is 1.17 bits per heavy atom. The van der Waals surface area contributed by atoms with Gasteiger partial charge in [-0.25, -0.2) is 9.97 Å². The first-order valence-electron chi connectivity index (χ1n) is 9.17. The molecule has 0 saturated carbocycles. The van der Waals surface area contributed by atoms with E-state index in [1.54, 1.807) is 22.7 Å². The number of amides is 1. The number of hydrogen-bond acceptors (Lipinski definition) is 6. The van der Waals surface area contributed by atoms with Gasteiger partial charge in [-0.05, 0) is 25.5 Å². The van der Waals surface area contributed by atoms with E-state index in [1.807, 2.05) is 6.92 Å². The van der Waals surface area contributed by atoms with E-state index in [-0.39, 0.29) is 17.5 Å². The quantitative estimate of drug-likeness (QED) is 0.702. The van der Waals surface area contributed by atoms with Crippen molar-refractivity contribution in [1.82, 2.24) is 24.7 Å². The Hall–Kier alpha value is -3.50. The third-order valence-corrected chi connectivity index (χ3v) is 4.74. The molecule has 8 nitrogen and oxygen atoms in total. The lowest BCUT2D eigenvalue weighted by atomic mass is 10.2. The van der Waals surface area contributed by atoms with Gasteiger partial charge in [0.25, 0.3) is 5.91 Å². The second-order valence-corrected chi connectivity index (χ2v) is 6.94. The molecular formula is C19H18F3N7O. The molecule has 1 N–H and O–H groups in total. The number of carbonyl (C=O) groups excluding carboxylic acids is 1. The average molecular weight is 417 g/mol. The van der Waals surface area contributed by atoms with Crippen LogP contribution in [0.4, 0.5) is 24.8 Å². The first-order chi connectivity index (χ1) is 14.2. The number of hydrogen-bond donors (Lipinski definition) is 1. The Bertz CT molecular complexity index is 1080. The van der Waals surface area contributed by atoms with E-state index in [1.165, 1.54) is 24.5 Å². The minimum absolute atomic E-state index is 0.0643. The fourth-order valence-electron chi connectivity index (χ4n) is 3.37. The maximum absolute atomic E-state index is 13.4. The maximum atomic E-state index is 13.4. The molecule has 4 heterocycles. The summed E-state index contributed by atoms with van der Waals surface area (Å²) >= 11 is 0. The number of nitrogens with zero attached hydrogens (tertiary/aromatic N) is 6. The van der Waals surface area contributed by atoms with E-state index in [0.29, 0.717) is 24.3 Å². The maximum Gasteiger partial charge on any atom is 0.433 e. The van der Waals surface area contributed by atoms with Crippen molar-refractivity contribution in [3.63, 3.8) is 0 Å². The summed E-state index contributed by atoms with van der Waals surface area (Å²) < 4.78 is 41.7. The molecule has 1 aliphatic rings. The van der Waals surface area contributed by atoms with Gasteiger partial charge in [0.2, 0.25) is 0 Å². The second-order valence-electron chi connectivity index (χ2n) is 6.94. The van der Waals surface area contributed by atoms with Crippen molar-refractivity contribution in [2.24, 2.45) is 7.05 Å². The molecule has 1 amide bonds. The minimum atomic E-state index is -4.65. The monoisotopic (exact) mass is 417 g/mol. The molecule has 11 heteroatoms. The second kappa shape index (κ2) is 7.39. The van der Waals surface area contributed by atoms with Crippen LogP contribution in [-0.4, -0.2) is 43.2 Å². The lowest BCUT2D eigenvalue weighted by Crippen LogP contribution is -2.34. The van der Waals surface area contributed by atoms with Crippen molar-refractivity contribution in [3.05, 3.63) is 48.0 Å². The molecule has 0 spiro atoms. The topological polar surface area (TPSA) is 88.8 Å². The van der Waals surface area contributed by atoms with Gasteiger partial charge in [-0.1, -0.05) is 0 Å². The molecule has 0 radical (unpaired) electrons. The Morgan fingerprint density at radius 3 is 2.53 bits per heavy atom. The number of rotatable bonds is 4. The number of anilines is 2. The fraction of sp³-hybridized carbons (Fsp3) is 0.316. The van der Waals surface area contributed by atoms with Crippen molar-refractivity contribution in [1.29, 1.82) is 0 Å². The predicted octanol–water partition coefficient (Wildman–Crippen LogP) is 2.82. The van der Waals surface area contributed by atoms with Crippen LogP contribution in [0.25, 0.3) is 11.4 Å². The van der Waals surface area contributed by atoms with E-state index in [9.17, 15) is 18.0 Å². The van der Waals surface area contributed by atoms with Crippen LogP contribution in [0.5, 0.6) is 0 Å². The molecule has 0 aliphatic carbocycles. The number of nitrogens with one attached hydrogen (secondary N) is 1. The van der Waals surface area contributed by atoms with Crippen molar-refractivity contribution in [3.8, 4) is 11.4 Å². The highest BCUT2D eigenvalue weighted by molar-refractivity contribution is 6.00. The van der Waals surface area contributed by atoms with Gasteiger partial charge in [0.15, 0.2) is 11.5 Å². The van der Waals surface area contributed by atoms with Gasteiger partial charge in [-0.3, -0.25) is 19.4 Å². The van der Waals surface area contributed by atoms with Crippen molar-refractivity contribution in [2.45, 2.75) is 25.6 Å². The highest BCUT2D eigenvalue weighted by Crippen LogP contribution is 2.31. The third-order valence-electron chi connectivity index (χ3n) is 4.74. The Kier molecular flexibility index (Phi) is 4.88. The summed E-state index contributed by atoms with van der Waals surface area (Å²) in [6.45, 7) is 2.24. The number of aryl methyl sites for hydroxylation is 2. The van der Waals surface area contributed by atoms with Crippen molar-refractivity contribution in [2.75, 3.05) is 16.8 Å². The number of pyridine rings is 1. The molecule has 0 aromatic carbocycles. The van der Waals surface area contributed by atoms with Gasteiger partial charge in [0.05, 0.1) is 5.69 Å². The Labute approximate surface area is 169 Å². The third kappa shape index (κ3) is 3.82. The van der Waals surface area contributed by atoms with Crippen LogP contribution in [-0.2, 0) is 18.0 Å². The smallest absolute Gasteiger partial charge is 0.358 e. The summed E-state index contributed by atoms with van der Waals surface area (Å²) in [5.74, 6) is 0.221. The summed E-state index contributed by atoms with van der Waals surface area (Å²) in [7, 11) is 1.73. The molecule has 156 valence electrons. The average Bonchev–Trinajstić information content (AvgIpc) is 3.22. The van der Waals surface area contributed by atoms with E-state index in [0.717, 1.165) is 11.8 Å². The minimum Gasteiger partial charge on any atom is -0.358 e. The lowest BCUT2D eigenvalue weighted by molar-refractivity contribution is -0.141. The number of alkyl halides is 3.